The summed E-state index contributed by atoms with van der Waals surface area (Å²) >= 11 is 6.82. The van der Waals surface area contributed by atoms with E-state index in [9.17, 15) is 4.79 Å². The van der Waals surface area contributed by atoms with Gasteiger partial charge in [0.15, 0.2) is 9.98 Å². The van der Waals surface area contributed by atoms with E-state index in [1.807, 2.05) is 0 Å². The molecule has 0 aliphatic carbocycles. The number of halogens is 1. The lowest BCUT2D eigenvalue weighted by Crippen LogP contribution is -2.06. The second kappa shape index (κ2) is 2.28. The van der Waals surface area contributed by atoms with Crippen molar-refractivity contribution in [3.8, 4) is 0 Å². The van der Waals surface area contributed by atoms with E-state index in [4.69, 9.17) is 11.6 Å². The van der Waals surface area contributed by atoms with Crippen molar-refractivity contribution in [3.63, 3.8) is 0 Å². The van der Waals surface area contributed by atoms with Gasteiger partial charge in [-0.15, -0.1) is 11.3 Å². The second-order valence-electron chi connectivity index (χ2n) is 1.88. The molecule has 6 heteroatoms. The molecule has 1 N–H and O–H groups in total. The Morgan fingerprint density at radius 2 is 2.45 bits per heavy atom. The summed E-state index contributed by atoms with van der Waals surface area (Å²) in [6.45, 7) is 0. The third kappa shape index (κ3) is 1.02. The Balaban J connectivity index is 3.02. The molecule has 4 nitrogen and oxygen atoms in total. The third-order valence-electron chi connectivity index (χ3n) is 1.19. The molecule has 56 valence electrons. The molecule has 0 aliphatic rings. The van der Waals surface area contributed by atoms with E-state index in [1.54, 1.807) is 0 Å². The summed E-state index contributed by atoms with van der Waals surface area (Å²) in [7, 11) is 0. The normalized spacial score (nSPS) is 10.6. The van der Waals surface area contributed by atoms with Crippen LogP contribution < -0.4 is 5.56 Å². The van der Waals surface area contributed by atoms with Gasteiger partial charge >= 0.3 is 0 Å². The van der Waals surface area contributed by atoms with E-state index < -0.39 is 0 Å². The Labute approximate surface area is 69.8 Å². The highest BCUT2D eigenvalue weighted by Crippen LogP contribution is 2.21. The summed E-state index contributed by atoms with van der Waals surface area (Å²) < 4.78 is 1.07. The Hall–Kier alpha value is -0.940. The number of thiazole rings is 1. The van der Waals surface area contributed by atoms with Gasteiger partial charge in [0.1, 0.15) is 0 Å². The average Bonchev–Trinajstić information content (AvgIpc) is 2.31. The lowest BCUT2D eigenvalue weighted by molar-refractivity contribution is 1.01. The van der Waals surface area contributed by atoms with E-state index in [-0.39, 0.29) is 5.56 Å². The van der Waals surface area contributed by atoms with Gasteiger partial charge in [-0.05, 0) is 0 Å². The summed E-state index contributed by atoms with van der Waals surface area (Å²) in [6.07, 6.45) is 1.53. The van der Waals surface area contributed by atoms with Gasteiger partial charge in [-0.3, -0.25) is 4.79 Å². The highest BCUT2D eigenvalue weighted by atomic mass is 35.5. The summed E-state index contributed by atoms with van der Waals surface area (Å²) in [5.41, 5.74) is 0.0562. The number of aromatic amines is 1. The van der Waals surface area contributed by atoms with E-state index in [0.717, 1.165) is 0 Å². The van der Waals surface area contributed by atoms with Gasteiger partial charge in [0.2, 0.25) is 0 Å². The van der Waals surface area contributed by atoms with Gasteiger partial charge in [0.05, 0.1) is 10.9 Å². The fourth-order valence-electron chi connectivity index (χ4n) is 0.758. The van der Waals surface area contributed by atoms with Crippen molar-refractivity contribution in [2.75, 3.05) is 0 Å². The maximum absolute atomic E-state index is 11.0. The fourth-order valence-corrected chi connectivity index (χ4v) is 1.75. The molecule has 11 heavy (non-hydrogen) atoms. The van der Waals surface area contributed by atoms with Crippen LogP contribution in [0.5, 0.6) is 0 Å². The molecule has 0 unspecified atom stereocenters. The minimum Gasteiger partial charge on any atom is -0.265 e. The molecule has 2 rings (SSSR count). The first-order valence-electron chi connectivity index (χ1n) is 2.77. The fraction of sp³-hybridized carbons (Fsp3) is 0. The summed E-state index contributed by atoms with van der Waals surface area (Å²) in [5.74, 6) is 0. The van der Waals surface area contributed by atoms with Crippen molar-refractivity contribution in [1.82, 2.24) is 15.2 Å². The average molecular weight is 188 g/mol. The monoisotopic (exact) mass is 187 g/mol. The Morgan fingerprint density at radius 3 is 3.18 bits per heavy atom. The molecule has 0 radical (unpaired) electrons. The highest BCUT2D eigenvalue weighted by Gasteiger charge is 2.03. The van der Waals surface area contributed by atoms with Crippen LogP contribution in [0.15, 0.2) is 11.0 Å². The topological polar surface area (TPSA) is 58.6 Å². The number of fused-ring (bicyclic) bond motifs is 1. The molecule has 0 amide bonds. The summed E-state index contributed by atoms with van der Waals surface area (Å²) in [5, 5.41) is 5.87. The second-order valence-corrected chi connectivity index (χ2v) is 3.49. The van der Waals surface area contributed by atoms with Crippen LogP contribution in [0.25, 0.3) is 10.2 Å². The van der Waals surface area contributed by atoms with Crippen LogP contribution in [0.4, 0.5) is 0 Å². The first-order valence-corrected chi connectivity index (χ1v) is 3.96. The first kappa shape index (κ1) is 6.75. The number of nitrogens with zero attached hydrogens (tertiary/aromatic N) is 2. The zero-order valence-electron chi connectivity index (χ0n) is 5.17. The standard InChI is InChI=1S/C5H2ClN3OS/c6-5-8-3-2(11-5)1-7-9-4(3)10/h1H,(H,9,10). The van der Waals surface area contributed by atoms with Crippen molar-refractivity contribution in [2.45, 2.75) is 0 Å². The van der Waals surface area contributed by atoms with Gasteiger partial charge in [-0.2, -0.15) is 5.10 Å². The molecule has 0 aliphatic heterocycles. The van der Waals surface area contributed by atoms with Gasteiger partial charge in [0, 0.05) is 0 Å². The maximum atomic E-state index is 11.0. The first-order chi connectivity index (χ1) is 5.27. The number of nitrogens with one attached hydrogen (secondary N) is 1. The van der Waals surface area contributed by atoms with Crippen LogP contribution in [0, 0.1) is 0 Å². The zero-order chi connectivity index (χ0) is 7.84. The lowest BCUT2D eigenvalue weighted by Gasteiger charge is -1.80. The molecular weight excluding hydrogens is 186 g/mol. The molecule has 0 spiro atoms. The van der Waals surface area contributed by atoms with Crippen LogP contribution in [0.3, 0.4) is 0 Å². The van der Waals surface area contributed by atoms with Crippen molar-refractivity contribution in [3.05, 3.63) is 21.0 Å². The molecule has 2 aromatic rings. The van der Waals surface area contributed by atoms with Gasteiger partial charge in [-0.1, -0.05) is 11.6 Å². The van der Waals surface area contributed by atoms with Gasteiger partial charge < -0.3 is 0 Å². The number of hydrogen-bond acceptors (Lipinski definition) is 4. The minimum absolute atomic E-state index is 0.300. The number of H-pyrrole nitrogens is 1. The molecule has 0 fully saturated rings. The van der Waals surface area contributed by atoms with Crippen LogP contribution in [-0.2, 0) is 0 Å². The Bertz CT molecular complexity index is 448. The van der Waals surface area contributed by atoms with Crippen molar-refractivity contribution in [1.29, 1.82) is 0 Å². The largest absolute Gasteiger partial charge is 0.291 e. The quantitative estimate of drug-likeness (QED) is 0.670. The van der Waals surface area contributed by atoms with Crippen molar-refractivity contribution < 1.29 is 0 Å². The molecule has 0 bridgehead atoms. The number of aromatic nitrogens is 3. The summed E-state index contributed by atoms with van der Waals surface area (Å²) in [4.78, 5) is 14.8. The Morgan fingerprint density at radius 1 is 1.64 bits per heavy atom. The molecule has 0 atom stereocenters. The third-order valence-corrected chi connectivity index (χ3v) is 2.28. The minimum atomic E-state index is -0.300. The van der Waals surface area contributed by atoms with E-state index in [0.29, 0.717) is 14.7 Å². The van der Waals surface area contributed by atoms with E-state index >= 15 is 0 Å². The zero-order valence-corrected chi connectivity index (χ0v) is 6.74. The van der Waals surface area contributed by atoms with Crippen LogP contribution >= 0.6 is 22.9 Å². The van der Waals surface area contributed by atoms with Crippen LogP contribution in [-0.4, -0.2) is 15.2 Å². The van der Waals surface area contributed by atoms with E-state index in [2.05, 4.69) is 15.2 Å². The SMILES string of the molecule is O=c1[nH]ncc2sc(Cl)nc12. The highest BCUT2D eigenvalue weighted by molar-refractivity contribution is 7.22. The lowest BCUT2D eigenvalue weighted by atomic mass is 10.5. The van der Waals surface area contributed by atoms with Crippen LogP contribution in [0.2, 0.25) is 4.47 Å². The van der Waals surface area contributed by atoms with Gasteiger partial charge in [0.25, 0.3) is 5.56 Å². The van der Waals surface area contributed by atoms with Crippen LogP contribution in [0.1, 0.15) is 0 Å². The Kier molecular flexibility index (Phi) is 1.40. The van der Waals surface area contributed by atoms with Crippen molar-refractivity contribution in [2.24, 2.45) is 0 Å². The van der Waals surface area contributed by atoms with E-state index in [1.165, 1.54) is 17.5 Å². The predicted molar refractivity (Wildman–Crippen MR) is 43.0 cm³/mol. The molecule has 0 saturated carbocycles. The number of hydrogen-bond donors (Lipinski definition) is 1. The van der Waals surface area contributed by atoms with Gasteiger partial charge in [-0.25, -0.2) is 10.1 Å². The maximum Gasteiger partial charge on any atom is 0.291 e. The molecule has 0 saturated heterocycles. The number of rotatable bonds is 0. The molecule has 2 aromatic heterocycles. The molecule has 0 aromatic carbocycles. The molecular formula is C5H2ClN3OS. The summed E-state index contributed by atoms with van der Waals surface area (Å²) in [6, 6.07) is 0. The van der Waals surface area contributed by atoms with Crippen molar-refractivity contribution >= 4 is 33.2 Å². The predicted octanol–water partition coefficient (Wildman–Crippen LogP) is 1.03. The smallest absolute Gasteiger partial charge is 0.265 e. The molecule has 2 heterocycles.